The van der Waals surface area contributed by atoms with E-state index in [1.807, 2.05) is 6.07 Å². The lowest BCUT2D eigenvalue weighted by Crippen LogP contribution is -2.55. The third-order valence-corrected chi connectivity index (χ3v) is 5.84. The molecule has 1 aromatic rings. The number of nitrogens with zero attached hydrogens (tertiary/aromatic N) is 2. The van der Waals surface area contributed by atoms with Crippen LogP contribution in [0.4, 0.5) is 4.79 Å². The minimum Gasteiger partial charge on any atom is -0.444 e. The number of nitriles is 1. The van der Waals surface area contributed by atoms with Gasteiger partial charge in [0.15, 0.2) is 0 Å². The number of carbonyl (C=O) groups excluding carboxylic acids is 4. The van der Waals surface area contributed by atoms with E-state index in [1.165, 1.54) is 0 Å². The van der Waals surface area contributed by atoms with Crippen LogP contribution < -0.4 is 16.4 Å². The number of nitrogens with one attached hydrogen (secondary N) is 2. The Kier molecular flexibility index (Phi) is 10.5. The molecule has 0 saturated heterocycles. The van der Waals surface area contributed by atoms with Gasteiger partial charge in [0.25, 0.3) is 0 Å². The molecule has 1 fully saturated rings. The monoisotopic (exact) mass is 509 g/mol. The number of hydrogen-bond donors (Lipinski definition) is 3. The van der Waals surface area contributed by atoms with Gasteiger partial charge >= 0.3 is 6.09 Å². The molecule has 1 saturated carbocycles. The van der Waals surface area contributed by atoms with E-state index in [0.717, 1.165) is 37.0 Å². The summed E-state index contributed by atoms with van der Waals surface area (Å²) in [4.78, 5) is 52.7. The molecule has 37 heavy (non-hydrogen) atoms. The summed E-state index contributed by atoms with van der Waals surface area (Å²) in [5.41, 5.74) is 5.20. The van der Waals surface area contributed by atoms with Crippen molar-refractivity contribution in [2.24, 2.45) is 5.73 Å². The molecule has 0 heterocycles. The number of benzene rings is 1. The van der Waals surface area contributed by atoms with Gasteiger partial charge in [-0.1, -0.05) is 43.4 Å². The molecule has 2 rings (SSSR count). The number of carbonyl (C=O) groups is 4. The minimum atomic E-state index is -1.47. The lowest BCUT2D eigenvalue weighted by atomic mass is 9.93. The van der Waals surface area contributed by atoms with Crippen molar-refractivity contribution in [3.05, 3.63) is 35.4 Å². The molecule has 1 aliphatic carbocycles. The Hall–Kier alpha value is -4.05. The fourth-order valence-corrected chi connectivity index (χ4v) is 4.27. The third-order valence-electron chi connectivity index (χ3n) is 5.84. The number of ether oxygens (including phenoxy) is 1. The Morgan fingerprint density at radius 2 is 1.84 bits per heavy atom. The first-order valence-corrected chi connectivity index (χ1v) is 12.3. The number of hydrogen-bond acceptors (Lipinski definition) is 6. The van der Waals surface area contributed by atoms with Gasteiger partial charge in [-0.25, -0.2) is 4.79 Å². The van der Waals surface area contributed by atoms with Crippen molar-refractivity contribution in [1.29, 1.82) is 5.26 Å². The molecule has 0 bridgehead atoms. The smallest absolute Gasteiger partial charge is 0.408 e. The van der Waals surface area contributed by atoms with E-state index < -0.39 is 54.5 Å². The molecule has 1 aliphatic rings. The summed E-state index contributed by atoms with van der Waals surface area (Å²) in [5, 5.41) is 15.0. The highest BCUT2D eigenvalue weighted by atomic mass is 16.6. The average Bonchev–Trinajstić information content (AvgIpc) is 2.82. The molecule has 10 nitrogen and oxygen atoms in total. The molecule has 2 unspecified atom stereocenters. The standard InChI is InChI=1S/C27H35N5O5/c1-5-18-11-9-10-14-20(18)23(24(34)30-19-12-7-6-8-13-19)32(16-15-28)25(35)21(17-22(29)33)31-26(36)37-27(2,3)4/h1,9-11,14,19,21,23H,6-8,12-13,16-17H2,2-4H3,(H2,29,33)(H,30,34)(H,31,36). The second-order valence-electron chi connectivity index (χ2n) is 9.97. The zero-order valence-electron chi connectivity index (χ0n) is 21.6. The van der Waals surface area contributed by atoms with Crippen LogP contribution in [0.2, 0.25) is 0 Å². The summed E-state index contributed by atoms with van der Waals surface area (Å²) in [6, 6.07) is 5.69. The molecule has 2 atom stereocenters. The average molecular weight is 510 g/mol. The Labute approximate surface area is 217 Å². The number of nitrogens with two attached hydrogens (primary N) is 1. The Morgan fingerprint density at radius 1 is 1.19 bits per heavy atom. The SMILES string of the molecule is C#Cc1ccccc1C(C(=O)NC1CCCCC1)N(CC#N)C(=O)C(CC(N)=O)NC(=O)OC(C)(C)C. The van der Waals surface area contributed by atoms with Crippen molar-refractivity contribution in [2.45, 2.75) is 83.0 Å². The van der Waals surface area contributed by atoms with Crippen molar-refractivity contribution >= 4 is 23.8 Å². The van der Waals surface area contributed by atoms with Crippen molar-refractivity contribution in [1.82, 2.24) is 15.5 Å². The van der Waals surface area contributed by atoms with Crippen LogP contribution in [-0.2, 0) is 19.1 Å². The second kappa shape index (κ2) is 13.3. The first-order valence-electron chi connectivity index (χ1n) is 12.3. The van der Waals surface area contributed by atoms with Crippen molar-refractivity contribution in [2.75, 3.05) is 6.54 Å². The van der Waals surface area contributed by atoms with E-state index in [9.17, 15) is 24.4 Å². The lowest BCUT2D eigenvalue weighted by Gasteiger charge is -2.34. The summed E-state index contributed by atoms with van der Waals surface area (Å²) in [5.74, 6) is 0.311. The van der Waals surface area contributed by atoms with Gasteiger partial charge in [0.05, 0.1) is 12.5 Å². The highest BCUT2D eigenvalue weighted by molar-refractivity contribution is 5.95. The van der Waals surface area contributed by atoms with Crippen LogP contribution in [0.5, 0.6) is 0 Å². The Morgan fingerprint density at radius 3 is 2.41 bits per heavy atom. The molecular weight excluding hydrogens is 474 g/mol. The molecule has 10 heteroatoms. The summed E-state index contributed by atoms with van der Waals surface area (Å²) < 4.78 is 5.23. The minimum absolute atomic E-state index is 0.0814. The quantitative estimate of drug-likeness (QED) is 0.343. The summed E-state index contributed by atoms with van der Waals surface area (Å²) in [6.07, 6.45) is 8.80. The molecule has 0 spiro atoms. The van der Waals surface area contributed by atoms with Gasteiger partial charge in [0, 0.05) is 11.6 Å². The number of amides is 4. The molecule has 198 valence electrons. The highest BCUT2D eigenvalue weighted by Crippen LogP contribution is 2.27. The maximum absolute atomic E-state index is 13.7. The Balaban J connectivity index is 2.50. The van der Waals surface area contributed by atoms with Gasteiger partial charge in [-0.3, -0.25) is 14.4 Å². The predicted octanol–water partition coefficient (Wildman–Crippen LogP) is 2.28. The van der Waals surface area contributed by atoms with Crippen LogP contribution >= 0.6 is 0 Å². The predicted molar refractivity (Wildman–Crippen MR) is 136 cm³/mol. The number of primary amides is 1. The molecule has 0 aliphatic heterocycles. The molecule has 1 aromatic carbocycles. The first kappa shape index (κ1) is 29.2. The van der Waals surface area contributed by atoms with Crippen LogP contribution in [0, 0.1) is 23.7 Å². The topological polar surface area (TPSA) is 155 Å². The van der Waals surface area contributed by atoms with E-state index in [0.29, 0.717) is 11.1 Å². The summed E-state index contributed by atoms with van der Waals surface area (Å²) in [7, 11) is 0. The lowest BCUT2D eigenvalue weighted by molar-refractivity contribution is -0.143. The molecule has 4 N–H and O–H groups in total. The fraction of sp³-hybridized carbons (Fsp3) is 0.519. The maximum Gasteiger partial charge on any atom is 0.408 e. The zero-order chi connectivity index (χ0) is 27.6. The van der Waals surface area contributed by atoms with E-state index in [-0.39, 0.29) is 6.04 Å². The number of terminal acetylenes is 1. The van der Waals surface area contributed by atoms with Crippen molar-refractivity contribution in [3.8, 4) is 18.4 Å². The van der Waals surface area contributed by atoms with Gasteiger partial charge in [-0.15, -0.1) is 6.42 Å². The molecule has 0 radical (unpaired) electrons. The zero-order valence-corrected chi connectivity index (χ0v) is 21.6. The van der Waals surface area contributed by atoms with E-state index in [4.69, 9.17) is 16.9 Å². The van der Waals surface area contributed by atoms with Crippen LogP contribution in [0.25, 0.3) is 0 Å². The van der Waals surface area contributed by atoms with Gasteiger partial charge < -0.3 is 26.0 Å². The fourth-order valence-electron chi connectivity index (χ4n) is 4.27. The van der Waals surface area contributed by atoms with E-state index in [2.05, 4.69) is 16.6 Å². The number of alkyl carbamates (subject to hydrolysis) is 1. The van der Waals surface area contributed by atoms with Crippen LogP contribution in [0.3, 0.4) is 0 Å². The highest BCUT2D eigenvalue weighted by Gasteiger charge is 2.38. The van der Waals surface area contributed by atoms with Gasteiger partial charge in [-0.05, 0) is 45.2 Å². The molecule has 0 aromatic heterocycles. The van der Waals surface area contributed by atoms with Gasteiger partial charge in [0.1, 0.15) is 24.2 Å². The van der Waals surface area contributed by atoms with Gasteiger partial charge in [0.2, 0.25) is 17.7 Å². The molecule has 4 amide bonds. The van der Waals surface area contributed by atoms with Crippen LogP contribution in [0.15, 0.2) is 24.3 Å². The van der Waals surface area contributed by atoms with E-state index >= 15 is 0 Å². The third kappa shape index (κ3) is 8.84. The van der Waals surface area contributed by atoms with Gasteiger partial charge in [-0.2, -0.15) is 5.26 Å². The van der Waals surface area contributed by atoms with Crippen LogP contribution in [0.1, 0.15) is 76.5 Å². The van der Waals surface area contributed by atoms with Crippen LogP contribution in [-0.4, -0.2) is 52.9 Å². The van der Waals surface area contributed by atoms with Crippen molar-refractivity contribution < 1.29 is 23.9 Å². The summed E-state index contributed by atoms with van der Waals surface area (Å²) >= 11 is 0. The number of rotatable bonds is 9. The normalized spacial score (nSPS) is 15.3. The summed E-state index contributed by atoms with van der Waals surface area (Å²) in [6.45, 7) is 4.41. The Bertz CT molecular complexity index is 1080. The molecular formula is C27H35N5O5. The maximum atomic E-state index is 13.7. The largest absolute Gasteiger partial charge is 0.444 e. The first-order chi connectivity index (χ1) is 17.5. The second-order valence-corrected chi connectivity index (χ2v) is 9.97. The van der Waals surface area contributed by atoms with Crippen molar-refractivity contribution in [3.63, 3.8) is 0 Å². The van der Waals surface area contributed by atoms with E-state index in [1.54, 1.807) is 45.0 Å².